The van der Waals surface area contributed by atoms with Crippen molar-refractivity contribution in [1.29, 1.82) is 0 Å². The van der Waals surface area contributed by atoms with Crippen molar-refractivity contribution in [2.24, 2.45) is 0 Å². The summed E-state index contributed by atoms with van der Waals surface area (Å²) in [5.41, 5.74) is 0. The van der Waals surface area contributed by atoms with E-state index in [4.69, 9.17) is 30.6 Å². The lowest BCUT2D eigenvalue weighted by atomic mass is 10.2. The summed E-state index contributed by atoms with van der Waals surface area (Å²) in [6, 6.07) is 0. The molecule has 0 bridgehead atoms. The summed E-state index contributed by atoms with van der Waals surface area (Å²) in [7, 11) is 0. The lowest BCUT2D eigenvalue weighted by Crippen LogP contribution is -2.12. The van der Waals surface area contributed by atoms with Crippen LogP contribution in [-0.2, 0) is 0 Å². The summed E-state index contributed by atoms with van der Waals surface area (Å²) >= 11 is 0. The maximum Gasteiger partial charge on any atom is 0.0792 e. The summed E-state index contributed by atoms with van der Waals surface area (Å²) in [6.07, 6.45) is -0.0993. The molecule has 0 fully saturated rings. The Balaban J connectivity index is 0. The first-order valence-electron chi connectivity index (χ1n) is 4.91. The maximum absolute atomic E-state index is 8.63. The van der Waals surface area contributed by atoms with Crippen LogP contribution in [0.4, 0.5) is 0 Å². The van der Waals surface area contributed by atoms with Crippen LogP contribution in [0, 0.1) is 0 Å². The highest BCUT2D eigenvalue weighted by Crippen LogP contribution is 1.93. The second-order valence-electron chi connectivity index (χ2n) is 3.05. The molecule has 0 spiro atoms. The lowest BCUT2D eigenvalue weighted by molar-refractivity contribution is 0.0721. The minimum Gasteiger partial charge on any atom is -0.396 e. The molecule has 0 amide bonds. The molecular formula is C9H22O6. The fourth-order valence-electron chi connectivity index (χ4n) is 0.659. The van der Waals surface area contributed by atoms with Gasteiger partial charge in [-0.15, -0.1) is 0 Å². The van der Waals surface area contributed by atoms with Crippen molar-refractivity contribution in [1.82, 2.24) is 0 Å². The van der Waals surface area contributed by atoms with Crippen LogP contribution in [0.5, 0.6) is 0 Å². The van der Waals surface area contributed by atoms with Crippen LogP contribution in [0.3, 0.4) is 0 Å². The van der Waals surface area contributed by atoms with Gasteiger partial charge in [0.1, 0.15) is 0 Å². The Morgan fingerprint density at radius 2 is 1.13 bits per heavy atom. The van der Waals surface area contributed by atoms with E-state index < -0.39 is 12.2 Å². The van der Waals surface area contributed by atoms with Gasteiger partial charge in [-0.3, -0.25) is 0 Å². The van der Waals surface area contributed by atoms with Gasteiger partial charge in [0.2, 0.25) is 0 Å². The molecule has 0 aromatic carbocycles. The highest BCUT2D eigenvalue weighted by atomic mass is 16.3. The van der Waals surface area contributed by atoms with Gasteiger partial charge in [-0.2, -0.15) is 0 Å². The smallest absolute Gasteiger partial charge is 0.0792 e. The Kier molecular flexibility index (Phi) is 15.7. The fraction of sp³-hybridized carbons (Fsp3) is 1.00. The maximum atomic E-state index is 8.63. The van der Waals surface area contributed by atoms with Crippen molar-refractivity contribution in [3.8, 4) is 0 Å². The van der Waals surface area contributed by atoms with Crippen LogP contribution < -0.4 is 0 Å². The number of rotatable bonds is 7. The molecule has 6 heteroatoms. The zero-order valence-corrected chi connectivity index (χ0v) is 8.79. The Labute approximate surface area is 89.4 Å². The van der Waals surface area contributed by atoms with E-state index in [9.17, 15) is 0 Å². The molecule has 0 aromatic heterocycles. The van der Waals surface area contributed by atoms with Crippen molar-refractivity contribution in [3.63, 3.8) is 0 Å². The predicted molar refractivity (Wildman–Crippen MR) is 54.2 cm³/mol. The van der Waals surface area contributed by atoms with Crippen molar-refractivity contribution >= 4 is 0 Å². The summed E-state index contributed by atoms with van der Waals surface area (Å²) < 4.78 is 0. The molecule has 0 aromatic rings. The lowest BCUT2D eigenvalue weighted by Gasteiger charge is -2.02. The molecule has 0 aliphatic heterocycles. The molecule has 6 N–H and O–H groups in total. The normalized spacial score (nSPS) is 14.0. The minimum atomic E-state index is -0.745. The first-order chi connectivity index (χ1) is 7.12. The Morgan fingerprint density at radius 1 is 0.667 bits per heavy atom. The van der Waals surface area contributed by atoms with Gasteiger partial charge < -0.3 is 30.6 Å². The third kappa shape index (κ3) is 16.4. The SMILES string of the molecule is OCCC(O)CO.OCCCC(O)CO. The molecule has 15 heavy (non-hydrogen) atoms. The largest absolute Gasteiger partial charge is 0.396 e. The highest BCUT2D eigenvalue weighted by Gasteiger charge is 1.98. The first kappa shape index (κ1) is 17.2. The zero-order valence-electron chi connectivity index (χ0n) is 8.79. The van der Waals surface area contributed by atoms with E-state index in [1.165, 1.54) is 0 Å². The zero-order chi connectivity index (χ0) is 12.1. The van der Waals surface area contributed by atoms with Crippen molar-refractivity contribution in [2.75, 3.05) is 26.4 Å². The first-order valence-corrected chi connectivity index (χ1v) is 4.91. The van der Waals surface area contributed by atoms with Gasteiger partial charge in [-0.1, -0.05) is 0 Å². The van der Waals surface area contributed by atoms with Crippen molar-refractivity contribution in [2.45, 2.75) is 31.5 Å². The quantitative estimate of drug-likeness (QED) is 0.294. The van der Waals surface area contributed by atoms with E-state index in [1.807, 2.05) is 0 Å². The predicted octanol–water partition coefficient (Wildman–Crippen LogP) is -2.17. The number of hydrogen-bond acceptors (Lipinski definition) is 6. The molecule has 94 valence electrons. The molecule has 6 nitrogen and oxygen atoms in total. The summed E-state index contributed by atoms with van der Waals surface area (Å²) in [5.74, 6) is 0. The van der Waals surface area contributed by atoms with Crippen LogP contribution in [0.25, 0.3) is 0 Å². The van der Waals surface area contributed by atoms with Crippen LogP contribution in [0.15, 0.2) is 0 Å². The van der Waals surface area contributed by atoms with Crippen LogP contribution in [-0.4, -0.2) is 69.3 Å². The molecule has 2 unspecified atom stereocenters. The van der Waals surface area contributed by atoms with Gasteiger partial charge >= 0.3 is 0 Å². The molecular weight excluding hydrogens is 204 g/mol. The molecule has 2 atom stereocenters. The van der Waals surface area contributed by atoms with E-state index in [1.54, 1.807) is 0 Å². The minimum absolute atomic E-state index is 0.0677. The molecule has 0 aliphatic rings. The van der Waals surface area contributed by atoms with Gasteiger partial charge in [0, 0.05) is 13.2 Å². The third-order valence-electron chi connectivity index (χ3n) is 1.58. The third-order valence-corrected chi connectivity index (χ3v) is 1.58. The topological polar surface area (TPSA) is 121 Å². The molecule has 0 radical (unpaired) electrons. The summed E-state index contributed by atoms with van der Waals surface area (Å²) in [6.45, 7) is -0.459. The second-order valence-corrected chi connectivity index (χ2v) is 3.05. The molecule has 0 heterocycles. The molecule has 0 saturated heterocycles. The monoisotopic (exact) mass is 226 g/mol. The Hall–Kier alpha value is -0.240. The number of aliphatic hydroxyl groups is 6. The van der Waals surface area contributed by atoms with Gasteiger partial charge in [0.15, 0.2) is 0 Å². The Bertz CT molecular complexity index is 111. The van der Waals surface area contributed by atoms with Crippen LogP contribution >= 0.6 is 0 Å². The van der Waals surface area contributed by atoms with E-state index in [0.29, 0.717) is 12.8 Å². The standard InChI is InChI=1S/C5H12O3.C4H10O3/c6-3-1-2-5(8)4-7;5-2-1-4(7)3-6/h5-8H,1-4H2;4-7H,1-3H2. The van der Waals surface area contributed by atoms with Gasteiger partial charge in [0.05, 0.1) is 25.4 Å². The Morgan fingerprint density at radius 3 is 1.40 bits per heavy atom. The van der Waals surface area contributed by atoms with E-state index >= 15 is 0 Å². The van der Waals surface area contributed by atoms with E-state index in [-0.39, 0.29) is 32.8 Å². The second kappa shape index (κ2) is 13.8. The fourth-order valence-corrected chi connectivity index (χ4v) is 0.659. The average Bonchev–Trinajstić information content (AvgIpc) is 2.26. The molecule has 0 rings (SSSR count). The highest BCUT2D eigenvalue weighted by molar-refractivity contribution is 4.50. The molecule has 0 aliphatic carbocycles. The number of hydrogen-bond donors (Lipinski definition) is 6. The van der Waals surface area contributed by atoms with Crippen LogP contribution in [0.2, 0.25) is 0 Å². The molecule has 0 saturated carbocycles. The van der Waals surface area contributed by atoms with Gasteiger partial charge in [-0.25, -0.2) is 0 Å². The summed E-state index contributed by atoms with van der Waals surface area (Å²) in [5, 5.41) is 49.7. The average molecular weight is 226 g/mol. The van der Waals surface area contributed by atoms with Crippen molar-refractivity contribution in [3.05, 3.63) is 0 Å². The van der Waals surface area contributed by atoms with Crippen molar-refractivity contribution < 1.29 is 30.6 Å². The van der Waals surface area contributed by atoms with Gasteiger partial charge in [0.25, 0.3) is 0 Å². The van der Waals surface area contributed by atoms with Crippen LogP contribution in [0.1, 0.15) is 19.3 Å². The summed E-state index contributed by atoms with van der Waals surface area (Å²) in [4.78, 5) is 0. The van der Waals surface area contributed by atoms with Gasteiger partial charge in [-0.05, 0) is 19.3 Å². The number of aliphatic hydroxyl groups excluding tert-OH is 6. The van der Waals surface area contributed by atoms with E-state index in [2.05, 4.69) is 0 Å². The van der Waals surface area contributed by atoms with E-state index in [0.717, 1.165) is 0 Å².